The van der Waals surface area contributed by atoms with E-state index >= 15 is 0 Å². The van der Waals surface area contributed by atoms with Crippen molar-refractivity contribution in [1.29, 1.82) is 0 Å². The fraction of sp³-hybridized carbons (Fsp3) is 0.875. The molecule has 0 radical (unpaired) electrons. The van der Waals surface area contributed by atoms with Gasteiger partial charge in [0.25, 0.3) is 0 Å². The molecular weight excluding hydrogens is 254 g/mol. The van der Waals surface area contributed by atoms with Gasteiger partial charge in [-0.3, -0.25) is 4.79 Å². The molecule has 2 unspecified atom stereocenters. The summed E-state index contributed by atoms with van der Waals surface area (Å²) in [5, 5.41) is 9.53. The summed E-state index contributed by atoms with van der Waals surface area (Å²) in [6.45, 7) is 8.63. The molecule has 1 aliphatic heterocycles. The van der Waals surface area contributed by atoms with E-state index in [1.807, 2.05) is 20.8 Å². The zero-order valence-corrected chi connectivity index (χ0v) is 13.3. The lowest BCUT2D eigenvalue weighted by Crippen LogP contribution is -2.57. The maximum atomic E-state index is 12.7. The Kier molecular flexibility index (Phi) is 6.03. The molecule has 0 spiro atoms. The second kappa shape index (κ2) is 7.09. The first-order valence-corrected chi connectivity index (χ1v) is 7.88. The van der Waals surface area contributed by atoms with Gasteiger partial charge in [-0.25, -0.2) is 4.79 Å². The van der Waals surface area contributed by atoms with Crippen LogP contribution >= 0.6 is 0 Å². The monoisotopic (exact) mass is 283 g/mol. The number of amides is 1. The summed E-state index contributed by atoms with van der Waals surface area (Å²) in [7, 11) is 0. The number of unbranched alkanes of at least 4 members (excludes halogenated alkanes) is 1. The number of piperidine rings is 1. The van der Waals surface area contributed by atoms with Crippen LogP contribution in [0.2, 0.25) is 0 Å². The first kappa shape index (κ1) is 17.0. The number of carbonyl (C=O) groups excluding carboxylic acids is 1. The van der Waals surface area contributed by atoms with Crippen LogP contribution in [0.3, 0.4) is 0 Å². The molecular formula is C16H29NO3. The first-order chi connectivity index (χ1) is 9.35. The van der Waals surface area contributed by atoms with Gasteiger partial charge < -0.3 is 10.0 Å². The minimum Gasteiger partial charge on any atom is -0.480 e. The minimum absolute atomic E-state index is 0.0225. The molecule has 1 saturated heterocycles. The standard InChI is InChI=1S/C16H29NO3/c1-5-7-9-12(6-2)14(18)17-11-8-10-16(3,4)13(17)15(19)20/h12-13H,5-11H2,1-4H3,(H,19,20). The van der Waals surface area contributed by atoms with E-state index in [1.165, 1.54) is 0 Å². The highest BCUT2D eigenvalue weighted by molar-refractivity contribution is 5.85. The van der Waals surface area contributed by atoms with Crippen molar-refractivity contribution < 1.29 is 14.7 Å². The molecule has 0 saturated carbocycles. The molecule has 116 valence electrons. The largest absolute Gasteiger partial charge is 0.480 e. The molecule has 20 heavy (non-hydrogen) atoms. The third-order valence-corrected chi connectivity index (χ3v) is 4.54. The molecule has 4 heteroatoms. The molecule has 0 aromatic rings. The van der Waals surface area contributed by atoms with Gasteiger partial charge in [0.1, 0.15) is 6.04 Å². The van der Waals surface area contributed by atoms with Gasteiger partial charge in [-0.2, -0.15) is 0 Å². The van der Waals surface area contributed by atoms with Crippen molar-refractivity contribution in [3.63, 3.8) is 0 Å². The van der Waals surface area contributed by atoms with Gasteiger partial charge in [0.2, 0.25) is 5.91 Å². The molecule has 1 N–H and O–H groups in total. The zero-order chi connectivity index (χ0) is 15.3. The van der Waals surface area contributed by atoms with E-state index in [-0.39, 0.29) is 17.2 Å². The van der Waals surface area contributed by atoms with Crippen molar-refractivity contribution in [2.24, 2.45) is 11.3 Å². The topological polar surface area (TPSA) is 57.6 Å². The van der Waals surface area contributed by atoms with Crippen LogP contribution in [-0.4, -0.2) is 34.5 Å². The number of rotatable bonds is 6. The van der Waals surface area contributed by atoms with E-state index in [0.717, 1.165) is 38.5 Å². The fourth-order valence-electron chi connectivity index (χ4n) is 3.28. The SMILES string of the molecule is CCCCC(CC)C(=O)N1CCCC(C)(C)C1C(=O)O. The molecule has 1 amide bonds. The smallest absolute Gasteiger partial charge is 0.326 e. The molecule has 0 aliphatic carbocycles. The summed E-state index contributed by atoms with van der Waals surface area (Å²) >= 11 is 0. The Morgan fingerprint density at radius 1 is 1.35 bits per heavy atom. The maximum Gasteiger partial charge on any atom is 0.326 e. The molecule has 1 fully saturated rings. The molecule has 0 aromatic heterocycles. The average molecular weight is 283 g/mol. The Morgan fingerprint density at radius 3 is 2.50 bits per heavy atom. The van der Waals surface area contributed by atoms with Crippen molar-refractivity contribution >= 4 is 11.9 Å². The van der Waals surface area contributed by atoms with E-state index in [9.17, 15) is 14.7 Å². The molecule has 4 nitrogen and oxygen atoms in total. The van der Waals surface area contributed by atoms with Gasteiger partial charge in [0.15, 0.2) is 0 Å². The predicted octanol–water partition coefficient (Wildman–Crippen LogP) is 3.30. The number of carboxylic acid groups (broad SMARTS) is 1. The summed E-state index contributed by atoms with van der Waals surface area (Å²) in [6.07, 6.45) is 5.51. The molecule has 0 bridgehead atoms. The van der Waals surface area contributed by atoms with Crippen LogP contribution in [0.1, 0.15) is 66.2 Å². The molecule has 0 aromatic carbocycles. The number of nitrogens with zero attached hydrogens (tertiary/aromatic N) is 1. The summed E-state index contributed by atoms with van der Waals surface area (Å²) < 4.78 is 0. The third-order valence-electron chi connectivity index (χ3n) is 4.54. The van der Waals surface area contributed by atoms with E-state index < -0.39 is 12.0 Å². The lowest BCUT2D eigenvalue weighted by molar-refractivity contribution is -0.161. The van der Waals surface area contributed by atoms with Gasteiger partial charge >= 0.3 is 5.97 Å². The highest BCUT2D eigenvalue weighted by atomic mass is 16.4. The van der Waals surface area contributed by atoms with Crippen molar-refractivity contribution in [2.75, 3.05) is 6.54 Å². The van der Waals surface area contributed by atoms with Crippen molar-refractivity contribution in [1.82, 2.24) is 4.90 Å². The predicted molar refractivity (Wildman–Crippen MR) is 79.5 cm³/mol. The summed E-state index contributed by atoms with van der Waals surface area (Å²) in [5.41, 5.74) is -0.344. The van der Waals surface area contributed by atoms with Crippen LogP contribution in [0.25, 0.3) is 0 Å². The number of hydrogen-bond acceptors (Lipinski definition) is 2. The Labute approximate surface area is 122 Å². The van der Waals surface area contributed by atoms with Crippen LogP contribution in [0.4, 0.5) is 0 Å². The average Bonchev–Trinajstić information content (AvgIpc) is 2.37. The number of hydrogen-bond donors (Lipinski definition) is 1. The Hall–Kier alpha value is -1.06. The molecule has 2 atom stereocenters. The summed E-state index contributed by atoms with van der Waals surface area (Å²) in [4.78, 5) is 26.0. The lowest BCUT2D eigenvalue weighted by atomic mass is 9.75. The highest BCUT2D eigenvalue weighted by Gasteiger charge is 2.45. The quantitative estimate of drug-likeness (QED) is 0.813. The maximum absolute atomic E-state index is 12.7. The van der Waals surface area contributed by atoms with E-state index in [0.29, 0.717) is 6.54 Å². The van der Waals surface area contributed by atoms with Crippen LogP contribution in [0.5, 0.6) is 0 Å². The minimum atomic E-state index is -0.867. The van der Waals surface area contributed by atoms with Gasteiger partial charge in [-0.05, 0) is 31.1 Å². The first-order valence-electron chi connectivity index (χ1n) is 7.88. The second-order valence-corrected chi connectivity index (χ2v) is 6.61. The Bertz CT molecular complexity index is 352. The summed E-state index contributed by atoms with van der Waals surface area (Å²) in [5.74, 6) is -0.847. The fourth-order valence-corrected chi connectivity index (χ4v) is 3.28. The van der Waals surface area contributed by atoms with Crippen LogP contribution in [0, 0.1) is 11.3 Å². The van der Waals surface area contributed by atoms with Gasteiger partial charge in [-0.15, -0.1) is 0 Å². The van der Waals surface area contributed by atoms with Gasteiger partial charge in [0.05, 0.1) is 0 Å². The van der Waals surface area contributed by atoms with E-state index in [2.05, 4.69) is 6.92 Å². The number of likely N-dealkylation sites (tertiary alicyclic amines) is 1. The van der Waals surface area contributed by atoms with Crippen molar-refractivity contribution in [3.8, 4) is 0 Å². The Balaban J connectivity index is 2.90. The molecule has 1 aliphatic rings. The van der Waals surface area contributed by atoms with E-state index in [1.54, 1.807) is 4.90 Å². The Morgan fingerprint density at radius 2 is 2.00 bits per heavy atom. The van der Waals surface area contributed by atoms with Crippen LogP contribution in [-0.2, 0) is 9.59 Å². The summed E-state index contributed by atoms with van der Waals surface area (Å²) in [6, 6.07) is -0.681. The second-order valence-electron chi connectivity index (χ2n) is 6.61. The zero-order valence-electron chi connectivity index (χ0n) is 13.3. The number of carboxylic acids is 1. The number of aliphatic carboxylic acids is 1. The normalized spacial score (nSPS) is 23.4. The van der Waals surface area contributed by atoms with Crippen LogP contribution < -0.4 is 0 Å². The third kappa shape index (κ3) is 3.74. The highest BCUT2D eigenvalue weighted by Crippen LogP contribution is 2.36. The molecule has 1 heterocycles. The van der Waals surface area contributed by atoms with Crippen molar-refractivity contribution in [3.05, 3.63) is 0 Å². The number of carbonyl (C=O) groups is 2. The van der Waals surface area contributed by atoms with Gasteiger partial charge in [-0.1, -0.05) is 40.5 Å². The molecule has 1 rings (SSSR count). The van der Waals surface area contributed by atoms with Gasteiger partial charge in [0, 0.05) is 12.5 Å². The van der Waals surface area contributed by atoms with Crippen LogP contribution in [0.15, 0.2) is 0 Å². The van der Waals surface area contributed by atoms with E-state index in [4.69, 9.17) is 0 Å². The van der Waals surface area contributed by atoms with Crippen molar-refractivity contribution in [2.45, 2.75) is 72.3 Å². The lowest BCUT2D eigenvalue weighted by Gasteiger charge is -2.45.